The average Bonchev–Trinajstić information content (AvgIpc) is 2.87. The van der Waals surface area contributed by atoms with Crippen molar-refractivity contribution in [1.29, 1.82) is 0 Å². The molecule has 0 aliphatic carbocycles. The van der Waals surface area contributed by atoms with E-state index in [1.807, 2.05) is 6.92 Å². The first-order chi connectivity index (χ1) is 12.2. The molecule has 0 amide bonds. The molecule has 4 heteroatoms. The van der Waals surface area contributed by atoms with Gasteiger partial charge >= 0.3 is 0 Å². The zero-order valence-corrected chi connectivity index (χ0v) is 14.7. The highest BCUT2D eigenvalue weighted by molar-refractivity contribution is 5.99. The van der Waals surface area contributed by atoms with E-state index in [-0.39, 0.29) is 6.04 Å². The van der Waals surface area contributed by atoms with Crippen LogP contribution in [0.5, 0.6) is 0 Å². The predicted octanol–water partition coefficient (Wildman–Crippen LogP) is 3.50. The van der Waals surface area contributed by atoms with Crippen LogP contribution in [0.25, 0.3) is 16.3 Å². The monoisotopic (exact) mass is 336 g/mol. The summed E-state index contributed by atoms with van der Waals surface area (Å²) in [4.78, 5) is 5.05. The van der Waals surface area contributed by atoms with Crippen molar-refractivity contribution in [2.24, 2.45) is 5.16 Å². The molecule has 2 aromatic rings. The van der Waals surface area contributed by atoms with Crippen molar-refractivity contribution in [3.8, 4) is 0 Å². The second kappa shape index (κ2) is 6.28. The lowest BCUT2D eigenvalue weighted by Crippen LogP contribution is -2.55. The van der Waals surface area contributed by atoms with Crippen LogP contribution < -0.4 is 5.32 Å². The van der Waals surface area contributed by atoms with Crippen LogP contribution in [0.15, 0.2) is 53.7 Å². The van der Waals surface area contributed by atoms with E-state index in [9.17, 15) is 5.11 Å². The van der Waals surface area contributed by atoms with Crippen molar-refractivity contribution in [1.82, 2.24) is 5.32 Å². The first kappa shape index (κ1) is 16.3. The minimum Gasteiger partial charge on any atom is -0.399 e. The lowest BCUT2D eigenvalue weighted by atomic mass is 9.83. The zero-order valence-electron chi connectivity index (χ0n) is 14.7. The molecule has 1 fully saturated rings. The van der Waals surface area contributed by atoms with Gasteiger partial charge in [0.05, 0.1) is 11.8 Å². The fraction of sp³-hybridized carbons (Fsp3) is 0.381. The molecule has 25 heavy (non-hydrogen) atoms. The van der Waals surface area contributed by atoms with Gasteiger partial charge < -0.3 is 9.94 Å². The molecule has 2 aliphatic rings. The van der Waals surface area contributed by atoms with Crippen LogP contribution in [0, 0.1) is 0 Å². The maximum Gasteiger partial charge on any atom is 0.106 e. The Morgan fingerprint density at radius 2 is 2.08 bits per heavy atom. The fourth-order valence-corrected chi connectivity index (χ4v) is 4.31. The van der Waals surface area contributed by atoms with Gasteiger partial charge in [-0.2, -0.15) is 0 Å². The van der Waals surface area contributed by atoms with Gasteiger partial charge in [0.1, 0.15) is 12.6 Å². The largest absolute Gasteiger partial charge is 0.399 e. The maximum absolute atomic E-state index is 10.8. The highest BCUT2D eigenvalue weighted by atomic mass is 16.6. The molecule has 0 saturated carbocycles. The van der Waals surface area contributed by atoms with Crippen molar-refractivity contribution in [3.63, 3.8) is 0 Å². The average molecular weight is 336 g/mol. The Bertz CT molecular complexity index is 858. The number of oxime groups is 1. The molecule has 2 heterocycles. The first-order valence-electron chi connectivity index (χ1n) is 8.93. The van der Waals surface area contributed by atoms with Crippen molar-refractivity contribution in [2.75, 3.05) is 7.11 Å². The van der Waals surface area contributed by atoms with Crippen molar-refractivity contribution in [3.05, 3.63) is 54.1 Å². The Labute approximate surface area is 148 Å². The van der Waals surface area contributed by atoms with Gasteiger partial charge in [-0.1, -0.05) is 54.6 Å². The van der Waals surface area contributed by atoms with Crippen molar-refractivity contribution in [2.45, 2.75) is 43.9 Å². The lowest BCUT2D eigenvalue weighted by Gasteiger charge is -2.35. The summed E-state index contributed by atoms with van der Waals surface area (Å²) in [6, 6.07) is 15.3. The summed E-state index contributed by atoms with van der Waals surface area (Å²) in [5.41, 5.74) is 2.72. The minimum atomic E-state index is -0.616. The summed E-state index contributed by atoms with van der Waals surface area (Å²) in [6.07, 6.45) is 4.07. The van der Waals surface area contributed by atoms with Gasteiger partial charge in [-0.25, -0.2) is 0 Å². The van der Waals surface area contributed by atoms with Gasteiger partial charge in [0, 0.05) is 6.04 Å². The Kier molecular flexibility index (Phi) is 4.10. The quantitative estimate of drug-likeness (QED) is 0.664. The second-order valence-electron chi connectivity index (χ2n) is 6.97. The second-order valence-corrected chi connectivity index (χ2v) is 6.97. The number of hydrogen-bond donors (Lipinski definition) is 2. The summed E-state index contributed by atoms with van der Waals surface area (Å²) in [6.45, 7) is 2.05. The number of aliphatic hydroxyl groups is 1. The number of rotatable bonds is 4. The number of nitrogens with one attached hydrogen (secondary N) is 1. The van der Waals surface area contributed by atoms with Crippen molar-refractivity contribution < 1.29 is 9.94 Å². The molecule has 0 radical (unpaired) electrons. The number of benzene rings is 2. The summed E-state index contributed by atoms with van der Waals surface area (Å²) < 4.78 is 0. The molecule has 130 valence electrons. The van der Waals surface area contributed by atoms with Gasteiger partial charge in [-0.15, -0.1) is 0 Å². The molecular formula is C21H24N2O2. The minimum absolute atomic E-state index is 0.259. The topological polar surface area (TPSA) is 53.9 Å². The number of fused-ring (bicyclic) bond motifs is 3. The van der Waals surface area contributed by atoms with Gasteiger partial charge in [0.25, 0.3) is 0 Å². The van der Waals surface area contributed by atoms with E-state index in [2.05, 4.69) is 59.0 Å². The highest BCUT2D eigenvalue weighted by Gasteiger charge is 2.51. The smallest absolute Gasteiger partial charge is 0.106 e. The standard InChI is InChI=1S/C21H24N2O2/c1-3-19(23-25-2)21-13-17(11-18(22-21)12-20(21)24)16-9-8-14-6-4-5-7-15(14)10-16/h4-10,13,18,20,22,24H,3,11-12H2,1-2H3/t18?,20?,21-/m0/s1. The summed E-state index contributed by atoms with van der Waals surface area (Å²) in [5, 5.41) is 21.1. The molecule has 2 bridgehead atoms. The van der Waals surface area contributed by atoms with E-state index in [1.54, 1.807) is 7.11 Å². The molecule has 2 unspecified atom stereocenters. The summed E-state index contributed by atoms with van der Waals surface area (Å²) in [7, 11) is 1.56. The Morgan fingerprint density at radius 1 is 1.28 bits per heavy atom. The summed E-state index contributed by atoms with van der Waals surface area (Å²) >= 11 is 0. The fourth-order valence-electron chi connectivity index (χ4n) is 4.31. The third-order valence-corrected chi connectivity index (χ3v) is 5.48. The number of aliphatic hydroxyl groups excluding tert-OH is 1. The Balaban J connectivity index is 1.81. The molecule has 1 saturated heterocycles. The molecule has 2 aliphatic heterocycles. The van der Waals surface area contributed by atoms with Gasteiger partial charge in [0.15, 0.2) is 0 Å². The van der Waals surface area contributed by atoms with Gasteiger partial charge in [0.2, 0.25) is 0 Å². The normalized spacial score (nSPS) is 28.9. The van der Waals surface area contributed by atoms with Crippen LogP contribution in [-0.4, -0.2) is 35.6 Å². The van der Waals surface area contributed by atoms with E-state index in [0.717, 1.165) is 25.0 Å². The molecule has 0 aromatic heterocycles. The van der Waals surface area contributed by atoms with Crippen molar-refractivity contribution >= 4 is 22.1 Å². The Morgan fingerprint density at radius 3 is 2.84 bits per heavy atom. The van der Waals surface area contributed by atoms with Crippen LogP contribution in [0.3, 0.4) is 0 Å². The zero-order chi connectivity index (χ0) is 17.4. The SMILES string of the molecule is CCC(=NOC)[C@@]12C=C(c3ccc4ccccc4c3)CC(CC1O)N2. The number of hydrogen-bond acceptors (Lipinski definition) is 4. The van der Waals surface area contributed by atoms with E-state index in [4.69, 9.17) is 4.84 Å². The lowest BCUT2D eigenvalue weighted by molar-refractivity contribution is 0.148. The van der Waals surface area contributed by atoms with E-state index < -0.39 is 11.6 Å². The molecule has 2 N–H and O–H groups in total. The molecule has 4 rings (SSSR count). The Hall–Kier alpha value is -2.17. The summed E-state index contributed by atoms with van der Waals surface area (Å²) in [5.74, 6) is 0. The highest BCUT2D eigenvalue weighted by Crippen LogP contribution is 2.40. The van der Waals surface area contributed by atoms with Gasteiger partial charge in [-0.3, -0.25) is 5.32 Å². The third kappa shape index (κ3) is 2.66. The predicted molar refractivity (Wildman–Crippen MR) is 102 cm³/mol. The van der Waals surface area contributed by atoms with Gasteiger partial charge in [-0.05, 0) is 47.2 Å². The van der Waals surface area contributed by atoms with E-state index in [1.165, 1.54) is 21.9 Å². The van der Waals surface area contributed by atoms with Crippen LogP contribution >= 0.6 is 0 Å². The molecular weight excluding hydrogens is 312 g/mol. The first-order valence-corrected chi connectivity index (χ1v) is 8.93. The molecule has 4 nitrogen and oxygen atoms in total. The van der Waals surface area contributed by atoms with Crippen LogP contribution in [0.1, 0.15) is 31.7 Å². The maximum atomic E-state index is 10.8. The third-order valence-electron chi connectivity index (χ3n) is 5.48. The van der Waals surface area contributed by atoms with Crippen LogP contribution in [-0.2, 0) is 4.84 Å². The molecule has 0 spiro atoms. The molecule has 3 atom stereocenters. The molecule has 2 aromatic carbocycles. The van der Waals surface area contributed by atoms with E-state index >= 15 is 0 Å². The van der Waals surface area contributed by atoms with Crippen LogP contribution in [0.2, 0.25) is 0 Å². The van der Waals surface area contributed by atoms with Crippen LogP contribution in [0.4, 0.5) is 0 Å². The number of nitrogens with zero attached hydrogens (tertiary/aromatic N) is 1. The van der Waals surface area contributed by atoms with E-state index in [0.29, 0.717) is 0 Å².